The van der Waals surface area contributed by atoms with Crippen molar-refractivity contribution in [2.75, 3.05) is 11.4 Å². The molecular weight excluding hydrogens is 208 g/mol. The van der Waals surface area contributed by atoms with Crippen LogP contribution in [0, 0.1) is 11.3 Å². The second-order valence-corrected chi connectivity index (χ2v) is 5.07. The van der Waals surface area contributed by atoms with Crippen molar-refractivity contribution >= 4 is 11.3 Å². The van der Waals surface area contributed by atoms with Gasteiger partial charge in [-0.05, 0) is 51.5 Å². The van der Waals surface area contributed by atoms with E-state index in [0.717, 1.165) is 12.1 Å². The monoisotopic (exact) mass is 226 g/mol. The fourth-order valence-electron chi connectivity index (χ4n) is 2.73. The Morgan fingerprint density at radius 3 is 2.65 bits per heavy atom. The third kappa shape index (κ3) is 1.82. The highest BCUT2D eigenvalue weighted by molar-refractivity contribution is 5.81. The lowest BCUT2D eigenvalue weighted by Crippen LogP contribution is -2.44. The number of likely N-dealkylation sites (N-methyl/N-ethyl adjacent to an activating group) is 1. The number of nitriles is 1. The normalized spacial score (nSPS) is 17.1. The van der Waals surface area contributed by atoms with Crippen LogP contribution in [-0.2, 0) is 0 Å². The van der Waals surface area contributed by atoms with Gasteiger partial charge in [-0.2, -0.15) is 5.26 Å². The summed E-state index contributed by atoms with van der Waals surface area (Å²) in [6, 6.07) is 8.15. The summed E-state index contributed by atoms with van der Waals surface area (Å²) < 4.78 is 0. The Kier molecular flexibility index (Phi) is 2.71. The predicted molar refractivity (Wildman–Crippen MR) is 71.9 cm³/mol. The SMILES string of the molecule is CCN1c2ccc(C#N)cc2C(C)=CC1(C)C. The molecule has 88 valence electrons. The second kappa shape index (κ2) is 3.92. The van der Waals surface area contributed by atoms with Crippen molar-refractivity contribution in [1.82, 2.24) is 0 Å². The van der Waals surface area contributed by atoms with E-state index in [2.05, 4.69) is 50.8 Å². The summed E-state index contributed by atoms with van der Waals surface area (Å²) in [6.45, 7) is 9.70. The predicted octanol–water partition coefficient (Wildman–Crippen LogP) is 3.58. The van der Waals surface area contributed by atoms with Gasteiger partial charge < -0.3 is 4.90 Å². The zero-order chi connectivity index (χ0) is 12.6. The van der Waals surface area contributed by atoms with E-state index in [4.69, 9.17) is 5.26 Å². The largest absolute Gasteiger partial charge is 0.363 e. The van der Waals surface area contributed by atoms with Crippen molar-refractivity contribution in [3.8, 4) is 6.07 Å². The number of anilines is 1. The van der Waals surface area contributed by atoms with Crippen LogP contribution in [0.25, 0.3) is 5.57 Å². The highest BCUT2D eigenvalue weighted by atomic mass is 15.2. The molecule has 17 heavy (non-hydrogen) atoms. The van der Waals surface area contributed by atoms with E-state index in [1.165, 1.54) is 16.8 Å². The van der Waals surface area contributed by atoms with Crippen molar-refractivity contribution in [2.24, 2.45) is 0 Å². The fraction of sp³-hybridized carbons (Fsp3) is 0.400. The molecule has 0 aliphatic carbocycles. The Bertz CT molecular complexity index is 518. The van der Waals surface area contributed by atoms with Crippen LogP contribution in [0.4, 0.5) is 5.69 Å². The van der Waals surface area contributed by atoms with Gasteiger partial charge in [-0.25, -0.2) is 0 Å². The molecule has 1 aromatic rings. The highest BCUT2D eigenvalue weighted by Gasteiger charge is 2.29. The van der Waals surface area contributed by atoms with Gasteiger partial charge in [-0.15, -0.1) is 0 Å². The average Bonchev–Trinajstić information content (AvgIpc) is 2.28. The first-order chi connectivity index (χ1) is 7.99. The molecule has 1 aliphatic rings. The number of benzene rings is 1. The number of nitrogens with zero attached hydrogens (tertiary/aromatic N) is 2. The molecule has 0 saturated heterocycles. The number of fused-ring (bicyclic) bond motifs is 1. The molecule has 0 fully saturated rings. The molecule has 0 bridgehead atoms. The number of rotatable bonds is 1. The van der Waals surface area contributed by atoms with Gasteiger partial charge in [-0.3, -0.25) is 0 Å². The van der Waals surface area contributed by atoms with Gasteiger partial charge in [0.2, 0.25) is 0 Å². The molecule has 1 heterocycles. The molecule has 0 N–H and O–H groups in total. The van der Waals surface area contributed by atoms with Gasteiger partial charge in [0, 0.05) is 17.8 Å². The van der Waals surface area contributed by atoms with E-state index in [9.17, 15) is 0 Å². The average molecular weight is 226 g/mol. The summed E-state index contributed by atoms with van der Waals surface area (Å²) in [5, 5.41) is 8.97. The third-order valence-corrected chi connectivity index (χ3v) is 3.42. The maximum Gasteiger partial charge on any atom is 0.0991 e. The molecule has 1 aliphatic heterocycles. The van der Waals surface area contributed by atoms with Gasteiger partial charge in [0.1, 0.15) is 0 Å². The molecule has 2 nitrogen and oxygen atoms in total. The van der Waals surface area contributed by atoms with E-state index in [1.54, 1.807) is 0 Å². The Labute approximate surface area is 103 Å². The van der Waals surface area contributed by atoms with Gasteiger partial charge in [-0.1, -0.05) is 6.08 Å². The molecular formula is C15H18N2. The zero-order valence-electron chi connectivity index (χ0n) is 10.9. The minimum absolute atomic E-state index is 0.0417. The summed E-state index contributed by atoms with van der Waals surface area (Å²) >= 11 is 0. The second-order valence-electron chi connectivity index (χ2n) is 5.07. The maximum absolute atomic E-state index is 8.97. The number of hydrogen-bond donors (Lipinski definition) is 0. The van der Waals surface area contributed by atoms with E-state index >= 15 is 0 Å². The first-order valence-corrected chi connectivity index (χ1v) is 6.01. The van der Waals surface area contributed by atoms with E-state index in [-0.39, 0.29) is 5.54 Å². The number of allylic oxidation sites excluding steroid dienone is 1. The molecule has 2 rings (SSSR count). The molecule has 0 atom stereocenters. The Hall–Kier alpha value is -1.75. The molecule has 0 unspecified atom stereocenters. The van der Waals surface area contributed by atoms with Crippen LogP contribution in [0.15, 0.2) is 24.3 Å². The minimum Gasteiger partial charge on any atom is -0.363 e. The smallest absolute Gasteiger partial charge is 0.0991 e. The van der Waals surface area contributed by atoms with Crippen molar-refractivity contribution < 1.29 is 0 Å². The molecule has 0 spiro atoms. The summed E-state index contributed by atoms with van der Waals surface area (Å²) in [5.41, 5.74) is 4.45. The van der Waals surface area contributed by atoms with E-state index in [1.807, 2.05) is 12.1 Å². The van der Waals surface area contributed by atoms with Gasteiger partial charge in [0.15, 0.2) is 0 Å². The lowest BCUT2D eigenvalue weighted by atomic mass is 9.88. The number of hydrogen-bond acceptors (Lipinski definition) is 2. The molecule has 1 aromatic carbocycles. The molecule has 0 radical (unpaired) electrons. The lowest BCUT2D eigenvalue weighted by molar-refractivity contribution is 0.566. The van der Waals surface area contributed by atoms with Gasteiger partial charge in [0.25, 0.3) is 0 Å². The Balaban J connectivity index is 2.64. The van der Waals surface area contributed by atoms with E-state index < -0.39 is 0 Å². The topological polar surface area (TPSA) is 27.0 Å². The summed E-state index contributed by atoms with van der Waals surface area (Å²) in [7, 11) is 0. The first kappa shape index (κ1) is 11.7. The maximum atomic E-state index is 8.97. The minimum atomic E-state index is 0.0417. The van der Waals surface area contributed by atoms with Crippen LogP contribution in [0.1, 0.15) is 38.8 Å². The third-order valence-electron chi connectivity index (χ3n) is 3.42. The van der Waals surface area contributed by atoms with Crippen LogP contribution in [-0.4, -0.2) is 12.1 Å². The Morgan fingerprint density at radius 2 is 2.06 bits per heavy atom. The van der Waals surface area contributed by atoms with Crippen LogP contribution in [0.2, 0.25) is 0 Å². The standard InChI is InChI=1S/C15H18N2/c1-5-17-14-7-6-12(10-16)8-13(14)11(2)9-15(17,3)4/h6-9H,5H2,1-4H3. The van der Waals surface area contributed by atoms with Gasteiger partial charge in [0.05, 0.1) is 17.2 Å². The van der Waals surface area contributed by atoms with Crippen molar-refractivity contribution in [3.63, 3.8) is 0 Å². The van der Waals surface area contributed by atoms with Crippen molar-refractivity contribution in [3.05, 3.63) is 35.4 Å². The molecule has 2 heteroatoms. The molecule has 0 saturated carbocycles. The fourth-order valence-corrected chi connectivity index (χ4v) is 2.73. The summed E-state index contributed by atoms with van der Waals surface area (Å²) in [5.74, 6) is 0. The van der Waals surface area contributed by atoms with E-state index in [0.29, 0.717) is 0 Å². The van der Waals surface area contributed by atoms with Crippen LogP contribution in [0.5, 0.6) is 0 Å². The summed E-state index contributed by atoms with van der Waals surface area (Å²) in [4.78, 5) is 2.37. The van der Waals surface area contributed by atoms with Crippen molar-refractivity contribution in [1.29, 1.82) is 5.26 Å². The van der Waals surface area contributed by atoms with Crippen LogP contribution >= 0.6 is 0 Å². The zero-order valence-corrected chi connectivity index (χ0v) is 10.9. The van der Waals surface area contributed by atoms with Gasteiger partial charge >= 0.3 is 0 Å². The van der Waals surface area contributed by atoms with Crippen LogP contribution < -0.4 is 4.90 Å². The lowest BCUT2D eigenvalue weighted by Gasteiger charge is -2.42. The van der Waals surface area contributed by atoms with Crippen molar-refractivity contribution in [2.45, 2.75) is 33.2 Å². The van der Waals surface area contributed by atoms with Crippen LogP contribution in [0.3, 0.4) is 0 Å². The molecule has 0 aromatic heterocycles. The Morgan fingerprint density at radius 1 is 1.35 bits per heavy atom. The summed E-state index contributed by atoms with van der Waals surface area (Å²) in [6.07, 6.45) is 2.28. The molecule has 0 amide bonds. The first-order valence-electron chi connectivity index (χ1n) is 6.01. The quantitative estimate of drug-likeness (QED) is 0.731. The highest BCUT2D eigenvalue weighted by Crippen LogP contribution is 2.38.